The Morgan fingerprint density at radius 1 is 1.57 bits per heavy atom. The fraction of sp³-hybridized carbons (Fsp3) is 0.600. The first-order valence-electron chi connectivity index (χ1n) is 4.57. The Balaban J connectivity index is 2.27. The van der Waals surface area contributed by atoms with Crippen LogP contribution in [0.4, 0.5) is 0 Å². The van der Waals surface area contributed by atoms with E-state index >= 15 is 0 Å². The molecule has 2 rings (SSSR count). The number of methoxy groups -OCH3 is 1. The first-order chi connectivity index (χ1) is 6.48. The largest absolute Gasteiger partial charge is 0.486 e. The number of thiophene rings is 1. The minimum Gasteiger partial charge on any atom is -0.486 e. The van der Waals surface area contributed by atoms with Gasteiger partial charge in [-0.05, 0) is 27.4 Å². The molecule has 2 N–H and O–H groups in total. The summed E-state index contributed by atoms with van der Waals surface area (Å²) in [6, 6.07) is 2.42. The third-order valence-electron chi connectivity index (χ3n) is 3.08. The normalized spacial score (nSPS) is 28.9. The molecule has 1 aromatic heterocycles. The van der Waals surface area contributed by atoms with Gasteiger partial charge in [0.15, 0.2) is 5.06 Å². The maximum atomic E-state index is 6.03. The van der Waals surface area contributed by atoms with Gasteiger partial charge < -0.3 is 10.5 Å². The molecule has 78 valence electrons. The molecule has 2 nitrogen and oxygen atoms in total. The van der Waals surface area contributed by atoms with Crippen molar-refractivity contribution < 1.29 is 4.74 Å². The molecule has 0 amide bonds. The smallest absolute Gasteiger partial charge is 0.188 e. The van der Waals surface area contributed by atoms with E-state index in [1.807, 2.05) is 0 Å². The number of rotatable bonds is 2. The zero-order valence-electron chi connectivity index (χ0n) is 8.50. The van der Waals surface area contributed by atoms with Crippen molar-refractivity contribution in [3.05, 3.63) is 15.4 Å². The fourth-order valence-corrected chi connectivity index (χ4v) is 3.89. The lowest BCUT2D eigenvalue weighted by Crippen LogP contribution is -2.06. The highest BCUT2D eigenvalue weighted by molar-refractivity contribution is 9.10. The van der Waals surface area contributed by atoms with Crippen molar-refractivity contribution >= 4 is 27.3 Å². The van der Waals surface area contributed by atoms with Crippen molar-refractivity contribution in [3.63, 3.8) is 0 Å². The molecule has 0 aliphatic heterocycles. The van der Waals surface area contributed by atoms with E-state index in [9.17, 15) is 0 Å². The summed E-state index contributed by atoms with van der Waals surface area (Å²) in [7, 11) is 1.69. The Bertz CT molecular complexity index is 361. The maximum Gasteiger partial charge on any atom is 0.188 e. The fourth-order valence-electron chi connectivity index (χ4n) is 1.88. The molecule has 1 aromatic rings. The third-order valence-corrected chi connectivity index (χ3v) is 5.11. The Morgan fingerprint density at radius 3 is 2.50 bits per heavy atom. The van der Waals surface area contributed by atoms with Gasteiger partial charge in [-0.1, -0.05) is 13.8 Å². The van der Waals surface area contributed by atoms with E-state index in [-0.39, 0.29) is 11.5 Å². The summed E-state index contributed by atoms with van der Waals surface area (Å²) in [5, 5.41) is 0.940. The summed E-state index contributed by atoms with van der Waals surface area (Å²) in [4.78, 5) is 1.33. The van der Waals surface area contributed by atoms with Gasteiger partial charge in [0.2, 0.25) is 0 Å². The Labute approximate surface area is 96.6 Å². The molecule has 1 fully saturated rings. The van der Waals surface area contributed by atoms with Gasteiger partial charge in [-0.3, -0.25) is 0 Å². The van der Waals surface area contributed by atoms with Crippen molar-refractivity contribution in [2.24, 2.45) is 11.1 Å². The molecule has 1 heterocycles. The summed E-state index contributed by atoms with van der Waals surface area (Å²) in [5.74, 6) is 0.493. The van der Waals surface area contributed by atoms with Crippen molar-refractivity contribution in [3.8, 4) is 5.06 Å². The highest BCUT2D eigenvalue weighted by atomic mass is 79.9. The highest BCUT2D eigenvalue weighted by Crippen LogP contribution is 2.60. The number of halogens is 1. The first-order valence-corrected chi connectivity index (χ1v) is 6.18. The van der Waals surface area contributed by atoms with E-state index in [2.05, 4.69) is 35.8 Å². The average molecular weight is 276 g/mol. The highest BCUT2D eigenvalue weighted by Gasteiger charge is 2.57. The van der Waals surface area contributed by atoms with Crippen molar-refractivity contribution in [1.82, 2.24) is 0 Å². The maximum absolute atomic E-state index is 6.03. The third kappa shape index (κ3) is 1.40. The molecular formula is C10H14BrNOS. The predicted molar refractivity (Wildman–Crippen MR) is 63.1 cm³/mol. The molecule has 14 heavy (non-hydrogen) atoms. The lowest BCUT2D eigenvalue weighted by molar-refractivity contribution is 0.425. The van der Waals surface area contributed by atoms with Crippen LogP contribution in [-0.2, 0) is 0 Å². The topological polar surface area (TPSA) is 35.2 Å². The van der Waals surface area contributed by atoms with Gasteiger partial charge in [-0.2, -0.15) is 0 Å². The van der Waals surface area contributed by atoms with Gasteiger partial charge in [0.05, 0.1) is 11.6 Å². The molecule has 0 unspecified atom stereocenters. The molecule has 0 bridgehead atoms. The van der Waals surface area contributed by atoms with Gasteiger partial charge >= 0.3 is 0 Å². The predicted octanol–water partition coefficient (Wildman–Crippen LogP) is 2.97. The van der Waals surface area contributed by atoms with E-state index in [0.717, 1.165) is 9.54 Å². The van der Waals surface area contributed by atoms with E-state index < -0.39 is 0 Å². The molecule has 0 saturated heterocycles. The first kappa shape index (κ1) is 10.5. The van der Waals surface area contributed by atoms with Crippen LogP contribution >= 0.6 is 27.3 Å². The van der Waals surface area contributed by atoms with Crippen LogP contribution in [0.25, 0.3) is 0 Å². The number of nitrogens with two attached hydrogens (primary N) is 1. The molecule has 1 saturated carbocycles. The van der Waals surface area contributed by atoms with Crippen molar-refractivity contribution in [2.75, 3.05) is 7.11 Å². The zero-order chi connectivity index (χ0) is 10.5. The van der Waals surface area contributed by atoms with E-state index in [4.69, 9.17) is 10.5 Å². The van der Waals surface area contributed by atoms with Crippen LogP contribution in [0.5, 0.6) is 5.06 Å². The number of hydrogen-bond donors (Lipinski definition) is 1. The molecule has 0 radical (unpaired) electrons. The van der Waals surface area contributed by atoms with E-state index in [1.165, 1.54) is 4.88 Å². The van der Waals surface area contributed by atoms with Crippen molar-refractivity contribution in [2.45, 2.75) is 25.8 Å². The monoisotopic (exact) mass is 275 g/mol. The molecule has 1 aliphatic rings. The summed E-state index contributed by atoms with van der Waals surface area (Å²) >= 11 is 5.16. The van der Waals surface area contributed by atoms with E-state index in [1.54, 1.807) is 18.4 Å². The Morgan fingerprint density at radius 2 is 2.14 bits per heavy atom. The van der Waals surface area contributed by atoms with Crippen LogP contribution in [0, 0.1) is 5.41 Å². The quantitative estimate of drug-likeness (QED) is 0.901. The van der Waals surface area contributed by atoms with Crippen molar-refractivity contribution in [1.29, 1.82) is 0 Å². The second-order valence-corrected chi connectivity index (χ2v) is 6.21. The lowest BCUT2D eigenvalue weighted by atomic mass is 10.1. The lowest BCUT2D eigenvalue weighted by Gasteiger charge is -1.97. The second-order valence-electron chi connectivity index (χ2n) is 4.31. The Kier molecular flexibility index (Phi) is 2.40. The Hall–Kier alpha value is -0.0600. The second kappa shape index (κ2) is 3.22. The summed E-state index contributed by atoms with van der Waals surface area (Å²) in [6.07, 6.45) is 0. The molecule has 1 aliphatic carbocycles. The minimum absolute atomic E-state index is 0.245. The standard InChI is InChI=1S/C10H14BrNOS/c1-10(2)7(8(10)12)6-4-5(11)9(13-3)14-6/h4,7-8H,12H2,1-3H3/t7-,8-/m0/s1. The molecule has 0 aromatic carbocycles. The summed E-state index contributed by atoms with van der Waals surface area (Å²) < 4.78 is 6.27. The molecule has 2 atom stereocenters. The molecule has 0 spiro atoms. The van der Waals surface area contributed by atoms with Crippen LogP contribution < -0.4 is 10.5 Å². The van der Waals surface area contributed by atoms with E-state index in [0.29, 0.717) is 5.92 Å². The summed E-state index contributed by atoms with van der Waals surface area (Å²) in [6.45, 7) is 4.42. The van der Waals surface area contributed by atoms with Crippen LogP contribution in [0.15, 0.2) is 10.5 Å². The molecule has 4 heteroatoms. The minimum atomic E-state index is 0.245. The average Bonchev–Trinajstić information content (AvgIpc) is 2.46. The van der Waals surface area contributed by atoms with Gasteiger partial charge in [-0.15, -0.1) is 11.3 Å². The number of ether oxygens (including phenoxy) is 1. The number of hydrogen-bond acceptors (Lipinski definition) is 3. The summed E-state index contributed by atoms with van der Waals surface area (Å²) in [5.41, 5.74) is 6.27. The van der Waals surface area contributed by atoms with Crippen LogP contribution in [0.2, 0.25) is 0 Å². The van der Waals surface area contributed by atoms with Gasteiger partial charge in [-0.25, -0.2) is 0 Å². The van der Waals surface area contributed by atoms with Crippen LogP contribution in [0.1, 0.15) is 24.6 Å². The van der Waals surface area contributed by atoms with Crippen LogP contribution in [-0.4, -0.2) is 13.2 Å². The van der Waals surface area contributed by atoms with Gasteiger partial charge in [0.1, 0.15) is 0 Å². The SMILES string of the molecule is COc1sc([C@H]2[C@H](N)C2(C)C)cc1Br. The van der Waals surface area contributed by atoms with Crippen LogP contribution in [0.3, 0.4) is 0 Å². The zero-order valence-corrected chi connectivity index (χ0v) is 10.9. The van der Waals surface area contributed by atoms with Gasteiger partial charge in [0.25, 0.3) is 0 Å². The molecular weight excluding hydrogens is 262 g/mol. The van der Waals surface area contributed by atoms with Gasteiger partial charge in [0, 0.05) is 16.8 Å².